The summed E-state index contributed by atoms with van der Waals surface area (Å²) >= 11 is 0. The Bertz CT molecular complexity index is 989. The highest BCUT2D eigenvalue weighted by Gasteiger charge is 2.25. The number of carbonyl (C=O) groups is 2. The average Bonchev–Trinajstić information content (AvgIpc) is 3.04. The molecule has 1 aliphatic carbocycles. The van der Waals surface area contributed by atoms with Crippen LogP contribution >= 0.6 is 0 Å². The van der Waals surface area contributed by atoms with Gasteiger partial charge in [-0.15, -0.1) is 10.2 Å². The third-order valence-corrected chi connectivity index (χ3v) is 4.89. The standard InChI is InChI=1S/C20H21N5O2/c1-2-21-19(26)15-8-6-13(7-9-15)18-24-23-17-11-10-16(12-25(17)18)22-20(27)14-4-3-5-14/h6-12,14H,2-5H2,1H3,(H,21,26)(H,22,27). The molecule has 2 heterocycles. The molecule has 2 amide bonds. The molecule has 1 aromatic carbocycles. The molecular formula is C20H21N5O2. The predicted molar refractivity (Wildman–Crippen MR) is 102 cm³/mol. The lowest BCUT2D eigenvalue weighted by Crippen LogP contribution is -2.28. The van der Waals surface area contributed by atoms with Crippen molar-refractivity contribution in [1.29, 1.82) is 0 Å². The number of benzene rings is 1. The Morgan fingerprint density at radius 3 is 2.56 bits per heavy atom. The van der Waals surface area contributed by atoms with E-state index in [2.05, 4.69) is 20.8 Å². The SMILES string of the molecule is CCNC(=O)c1ccc(-c2nnc3ccc(NC(=O)C4CCC4)cn23)cc1. The Labute approximate surface area is 156 Å². The minimum atomic E-state index is -0.101. The number of fused-ring (bicyclic) bond motifs is 1. The summed E-state index contributed by atoms with van der Waals surface area (Å²) in [6, 6.07) is 10.9. The number of pyridine rings is 1. The number of rotatable bonds is 5. The number of hydrogen-bond donors (Lipinski definition) is 2. The van der Waals surface area contributed by atoms with Crippen LogP contribution in [0.4, 0.5) is 5.69 Å². The molecule has 2 N–H and O–H groups in total. The van der Waals surface area contributed by atoms with Crippen molar-refractivity contribution < 1.29 is 9.59 Å². The molecule has 7 heteroatoms. The van der Waals surface area contributed by atoms with Gasteiger partial charge in [0.1, 0.15) is 0 Å². The van der Waals surface area contributed by atoms with Crippen molar-refractivity contribution in [2.24, 2.45) is 5.92 Å². The second kappa shape index (κ2) is 7.19. The lowest BCUT2D eigenvalue weighted by Gasteiger charge is -2.24. The lowest BCUT2D eigenvalue weighted by molar-refractivity contribution is -0.122. The molecule has 0 atom stereocenters. The molecule has 7 nitrogen and oxygen atoms in total. The third kappa shape index (κ3) is 3.40. The number of anilines is 1. The molecule has 0 saturated heterocycles. The first kappa shape index (κ1) is 17.2. The summed E-state index contributed by atoms with van der Waals surface area (Å²) in [5, 5.41) is 14.2. The van der Waals surface area contributed by atoms with Crippen molar-refractivity contribution in [1.82, 2.24) is 19.9 Å². The molecule has 138 valence electrons. The van der Waals surface area contributed by atoms with Crippen LogP contribution in [-0.2, 0) is 4.79 Å². The average molecular weight is 363 g/mol. The Hall–Kier alpha value is -3.22. The second-order valence-corrected chi connectivity index (χ2v) is 6.72. The molecule has 2 aromatic heterocycles. The summed E-state index contributed by atoms with van der Waals surface area (Å²) in [7, 11) is 0. The molecule has 1 fully saturated rings. The monoisotopic (exact) mass is 363 g/mol. The van der Waals surface area contributed by atoms with Crippen LogP contribution in [-0.4, -0.2) is 33.0 Å². The Balaban J connectivity index is 1.60. The van der Waals surface area contributed by atoms with Crippen molar-refractivity contribution in [2.75, 3.05) is 11.9 Å². The number of carbonyl (C=O) groups excluding carboxylic acids is 2. The van der Waals surface area contributed by atoms with Crippen LogP contribution in [0.5, 0.6) is 0 Å². The Morgan fingerprint density at radius 2 is 1.89 bits per heavy atom. The number of nitrogens with one attached hydrogen (secondary N) is 2. The van der Waals surface area contributed by atoms with E-state index < -0.39 is 0 Å². The molecule has 0 bridgehead atoms. The minimum absolute atomic E-state index is 0.0708. The van der Waals surface area contributed by atoms with Crippen LogP contribution in [0, 0.1) is 5.92 Å². The fourth-order valence-electron chi connectivity index (χ4n) is 3.11. The third-order valence-electron chi connectivity index (χ3n) is 4.89. The summed E-state index contributed by atoms with van der Waals surface area (Å²) in [5.74, 6) is 0.757. The van der Waals surface area contributed by atoms with Crippen molar-refractivity contribution >= 4 is 23.1 Å². The summed E-state index contributed by atoms with van der Waals surface area (Å²) in [5.41, 5.74) is 2.86. The second-order valence-electron chi connectivity index (χ2n) is 6.72. The van der Waals surface area contributed by atoms with E-state index in [1.54, 1.807) is 12.1 Å². The fraction of sp³-hybridized carbons (Fsp3) is 0.300. The highest BCUT2D eigenvalue weighted by Crippen LogP contribution is 2.28. The number of nitrogens with zero attached hydrogens (tertiary/aromatic N) is 3. The first-order valence-corrected chi connectivity index (χ1v) is 9.20. The Morgan fingerprint density at radius 1 is 1.11 bits per heavy atom. The first-order chi connectivity index (χ1) is 13.2. The minimum Gasteiger partial charge on any atom is -0.352 e. The van der Waals surface area contributed by atoms with E-state index in [4.69, 9.17) is 0 Å². The van der Waals surface area contributed by atoms with Gasteiger partial charge in [0.2, 0.25) is 5.91 Å². The highest BCUT2D eigenvalue weighted by molar-refractivity contribution is 5.94. The maximum Gasteiger partial charge on any atom is 0.251 e. The quantitative estimate of drug-likeness (QED) is 0.729. The smallest absolute Gasteiger partial charge is 0.251 e. The lowest BCUT2D eigenvalue weighted by atomic mass is 9.85. The van der Waals surface area contributed by atoms with Crippen LogP contribution in [0.25, 0.3) is 17.0 Å². The van der Waals surface area contributed by atoms with Gasteiger partial charge in [-0.05, 0) is 44.0 Å². The molecule has 1 aliphatic rings. The van der Waals surface area contributed by atoms with Crippen molar-refractivity contribution in [3.63, 3.8) is 0 Å². The summed E-state index contributed by atoms with van der Waals surface area (Å²) in [6.07, 6.45) is 4.88. The van der Waals surface area contributed by atoms with Gasteiger partial charge in [0.15, 0.2) is 11.5 Å². The van der Waals surface area contributed by atoms with E-state index in [-0.39, 0.29) is 17.7 Å². The zero-order chi connectivity index (χ0) is 18.8. The van der Waals surface area contributed by atoms with Gasteiger partial charge in [0.25, 0.3) is 5.91 Å². The first-order valence-electron chi connectivity index (χ1n) is 9.20. The van der Waals surface area contributed by atoms with Gasteiger partial charge >= 0.3 is 0 Å². The van der Waals surface area contributed by atoms with Crippen molar-refractivity contribution in [2.45, 2.75) is 26.2 Å². The molecule has 1 saturated carbocycles. The predicted octanol–water partition coefficient (Wildman–Crippen LogP) is 2.88. The fourth-order valence-corrected chi connectivity index (χ4v) is 3.11. The molecular weight excluding hydrogens is 342 g/mol. The number of hydrogen-bond acceptors (Lipinski definition) is 4. The van der Waals surface area contributed by atoms with E-state index in [1.807, 2.05) is 41.8 Å². The van der Waals surface area contributed by atoms with Gasteiger partial charge in [-0.1, -0.05) is 18.6 Å². The maximum atomic E-state index is 12.2. The largest absolute Gasteiger partial charge is 0.352 e. The summed E-state index contributed by atoms with van der Waals surface area (Å²) in [4.78, 5) is 24.1. The van der Waals surface area contributed by atoms with Crippen LogP contribution < -0.4 is 10.6 Å². The molecule has 0 spiro atoms. The molecule has 0 unspecified atom stereocenters. The molecule has 27 heavy (non-hydrogen) atoms. The zero-order valence-electron chi connectivity index (χ0n) is 15.1. The molecule has 4 rings (SSSR count). The van der Waals surface area contributed by atoms with Gasteiger partial charge in [0, 0.05) is 29.8 Å². The van der Waals surface area contributed by atoms with E-state index >= 15 is 0 Å². The van der Waals surface area contributed by atoms with Gasteiger partial charge in [-0.3, -0.25) is 14.0 Å². The topological polar surface area (TPSA) is 88.4 Å². The van der Waals surface area contributed by atoms with Gasteiger partial charge in [-0.25, -0.2) is 0 Å². The van der Waals surface area contributed by atoms with Gasteiger partial charge in [-0.2, -0.15) is 0 Å². The van der Waals surface area contributed by atoms with E-state index in [9.17, 15) is 9.59 Å². The van der Waals surface area contributed by atoms with Gasteiger partial charge < -0.3 is 10.6 Å². The van der Waals surface area contributed by atoms with E-state index in [1.165, 1.54) is 0 Å². The maximum absolute atomic E-state index is 12.2. The number of amides is 2. The van der Waals surface area contributed by atoms with Crippen molar-refractivity contribution in [3.05, 3.63) is 48.2 Å². The molecule has 0 radical (unpaired) electrons. The van der Waals surface area contributed by atoms with Crippen LogP contribution in [0.1, 0.15) is 36.5 Å². The van der Waals surface area contributed by atoms with Crippen LogP contribution in [0.2, 0.25) is 0 Å². The summed E-state index contributed by atoms with van der Waals surface area (Å²) in [6.45, 7) is 2.47. The molecule has 0 aliphatic heterocycles. The zero-order valence-corrected chi connectivity index (χ0v) is 15.1. The molecule has 3 aromatic rings. The van der Waals surface area contributed by atoms with Crippen molar-refractivity contribution in [3.8, 4) is 11.4 Å². The van der Waals surface area contributed by atoms with Crippen LogP contribution in [0.15, 0.2) is 42.6 Å². The van der Waals surface area contributed by atoms with E-state index in [0.29, 0.717) is 23.6 Å². The Kier molecular flexibility index (Phi) is 4.58. The van der Waals surface area contributed by atoms with E-state index in [0.717, 1.165) is 30.5 Å². The normalized spacial score (nSPS) is 14.0. The van der Waals surface area contributed by atoms with Crippen LogP contribution in [0.3, 0.4) is 0 Å². The number of aromatic nitrogens is 3. The van der Waals surface area contributed by atoms with Gasteiger partial charge in [0.05, 0.1) is 5.69 Å². The highest BCUT2D eigenvalue weighted by atomic mass is 16.2. The summed E-state index contributed by atoms with van der Waals surface area (Å²) < 4.78 is 1.84.